The van der Waals surface area contributed by atoms with Crippen molar-refractivity contribution < 1.29 is 14.3 Å². The molecule has 3 N–H and O–H groups in total. The number of nitrogens with two attached hydrogens (primary N) is 1. The molecule has 1 saturated carbocycles. The lowest BCUT2D eigenvalue weighted by molar-refractivity contribution is 0.0923. The minimum Gasteiger partial charge on any atom is -0.473 e. The quantitative estimate of drug-likeness (QED) is 0.794. The molecule has 1 aromatic heterocycles. The zero-order valence-corrected chi connectivity index (χ0v) is 15.2. The molecular formula is C16H27N3O3S. The Bertz CT molecular complexity index is 537. The summed E-state index contributed by atoms with van der Waals surface area (Å²) in [4.78, 5) is 16.2. The number of carbonyl (C=O) groups is 1. The molecule has 0 saturated heterocycles. The molecule has 1 aliphatic carbocycles. The third kappa shape index (κ3) is 5.16. The topological polar surface area (TPSA) is 86.5 Å². The summed E-state index contributed by atoms with van der Waals surface area (Å²) in [6.45, 7) is 6.83. The molecule has 1 aromatic rings. The number of ether oxygens (including phenoxy) is 2. The van der Waals surface area contributed by atoms with E-state index in [0.29, 0.717) is 23.4 Å². The van der Waals surface area contributed by atoms with Crippen LogP contribution in [0.1, 0.15) is 54.2 Å². The Morgan fingerprint density at radius 3 is 2.61 bits per heavy atom. The molecule has 0 bridgehead atoms. The Labute approximate surface area is 141 Å². The number of primary amides is 1. The van der Waals surface area contributed by atoms with Gasteiger partial charge in [0.15, 0.2) is 4.88 Å². The van der Waals surface area contributed by atoms with Crippen LogP contribution in [0, 0.1) is 6.92 Å². The van der Waals surface area contributed by atoms with E-state index in [0.717, 1.165) is 30.7 Å². The molecule has 1 fully saturated rings. The number of methoxy groups -OCH3 is 1. The van der Waals surface area contributed by atoms with Gasteiger partial charge in [0.2, 0.25) is 5.88 Å². The van der Waals surface area contributed by atoms with E-state index in [4.69, 9.17) is 15.2 Å². The lowest BCUT2D eigenvalue weighted by Crippen LogP contribution is -2.50. The highest BCUT2D eigenvalue weighted by Gasteiger charge is 2.28. The summed E-state index contributed by atoms with van der Waals surface area (Å²) in [5, 5.41) is 4.44. The summed E-state index contributed by atoms with van der Waals surface area (Å²) >= 11 is 1.29. The second kappa shape index (κ2) is 7.59. The van der Waals surface area contributed by atoms with Gasteiger partial charge >= 0.3 is 0 Å². The first-order valence-electron chi connectivity index (χ1n) is 8.01. The fourth-order valence-electron chi connectivity index (χ4n) is 3.08. The van der Waals surface area contributed by atoms with E-state index >= 15 is 0 Å². The Morgan fingerprint density at radius 2 is 2.04 bits per heavy atom. The third-order valence-electron chi connectivity index (χ3n) is 3.98. The van der Waals surface area contributed by atoms with Crippen LogP contribution in [-0.4, -0.2) is 42.3 Å². The number of nitrogens with zero attached hydrogens (tertiary/aromatic N) is 1. The average Bonchev–Trinajstić information content (AvgIpc) is 2.81. The van der Waals surface area contributed by atoms with Crippen molar-refractivity contribution in [3.63, 3.8) is 0 Å². The molecule has 7 heteroatoms. The van der Waals surface area contributed by atoms with E-state index in [2.05, 4.69) is 24.1 Å². The van der Waals surface area contributed by atoms with Gasteiger partial charge in [-0.2, -0.15) is 0 Å². The van der Waals surface area contributed by atoms with Crippen molar-refractivity contribution in [1.29, 1.82) is 0 Å². The van der Waals surface area contributed by atoms with Crippen molar-refractivity contribution in [2.75, 3.05) is 13.7 Å². The van der Waals surface area contributed by atoms with Gasteiger partial charge in [0.1, 0.15) is 6.10 Å². The van der Waals surface area contributed by atoms with Crippen LogP contribution in [0.4, 0.5) is 0 Å². The number of aryl methyl sites for hydroxylation is 1. The second-order valence-electron chi connectivity index (χ2n) is 6.78. The van der Waals surface area contributed by atoms with Gasteiger partial charge in [-0.15, -0.1) is 11.3 Å². The van der Waals surface area contributed by atoms with E-state index in [9.17, 15) is 4.79 Å². The summed E-state index contributed by atoms with van der Waals surface area (Å²) < 4.78 is 11.2. The maximum Gasteiger partial charge on any atom is 0.264 e. The number of aromatic nitrogens is 1. The smallest absolute Gasteiger partial charge is 0.264 e. The number of carbonyl (C=O) groups excluding carboxylic acids is 1. The Hall–Kier alpha value is -1.18. The Kier molecular flexibility index (Phi) is 6.00. The van der Waals surface area contributed by atoms with Crippen molar-refractivity contribution in [3.8, 4) is 5.88 Å². The summed E-state index contributed by atoms with van der Waals surface area (Å²) in [6.07, 6.45) is 4.04. The van der Waals surface area contributed by atoms with Crippen LogP contribution in [0.2, 0.25) is 0 Å². The fraction of sp³-hybridized carbons (Fsp3) is 0.750. The van der Waals surface area contributed by atoms with E-state index < -0.39 is 5.91 Å². The molecule has 0 aliphatic heterocycles. The predicted molar refractivity (Wildman–Crippen MR) is 91.1 cm³/mol. The molecule has 0 unspecified atom stereocenters. The first-order chi connectivity index (χ1) is 10.8. The van der Waals surface area contributed by atoms with E-state index in [1.807, 2.05) is 6.92 Å². The predicted octanol–water partition coefficient (Wildman–Crippen LogP) is 2.26. The number of hydrogen-bond donors (Lipinski definition) is 2. The monoisotopic (exact) mass is 341 g/mol. The largest absolute Gasteiger partial charge is 0.473 e. The van der Waals surface area contributed by atoms with Crippen molar-refractivity contribution in [1.82, 2.24) is 10.3 Å². The van der Waals surface area contributed by atoms with Crippen LogP contribution in [0.5, 0.6) is 5.88 Å². The Balaban J connectivity index is 1.87. The van der Waals surface area contributed by atoms with Crippen LogP contribution in [0.25, 0.3) is 0 Å². The second-order valence-corrected chi connectivity index (χ2v) is 7.99. The van der Waals surface area contributed by atoms with Crippen LogP contribution < -0.4 is 15.8 Å². The highest BCUT2D eigenvalue weighted by atomic mass is 32.1. The highest BCUT2D eigenvalue weighted by molar-refractivity contribution is 7.13. The van der Waals surface area contributed by atoms with Gasteiger partial charge in [0.25, 0.3) is 5.91 Å². The maximum absolute atomic E-state index is 11.4. The molecule has 0 spiro atoms. The lowest BCUT2D eigenvalue weighted by atomic mass is 9.91. The molecule has 23 heavy (non-hydrogen) atoms. The molecule has 0 aromatic carbocycles. The SMILES string of the molecule is COCC(C)(C)NC1CCC(Oc2nc(C)sc2C(N)=O)CC1. The molecule has 1 heterocycles. The minimum absolute atomic E-state index is 0.0295. The first kappa shape index (κ1) is 18.2. The number of thiazole rings is 1. The van der Waals surface area contributed by atoms with Gasteiger partial charge in [-0.05, 0) is 46.5 Å². The van der Waals surface area contributed by atoms with Crippen LogP contribution >= 0.6 is 11.3 Å². The Morgan fingerprint density at radius 1 is 1.39 bits per heavy atom. The lowest BCUT2D eigenvalue weighted by Gasteiger charge is -2.35. The van der Waals surface area contributed by atoms with Crippen molar-refractivity contribution >= 4 is 17.2 Å². The molecule has 1 aliphatic rings. The maximum atomic E-state index is 11.4. The standard InChI is InChI=1S/C16H27N3O3S/c1-10-18-15(13(23-10)14(17)20)22-12-7-5-11(6-8-12)19-16(2,3)9-21-4/h11-12,19H,5-9H2,1-4H3,(H2,17,20). The molecule has 1 amide bonds. The van der Waals surface area contributed by atoms with E-state index in [-0.39, 0.29) is 11.6 Å². The van der Waals surface area contributed by atoms with Crippen LogP contribution in [-0.2, 0) is 4.74 Å². The number of rotatable bonds is 7. The normalized spacial score (nSPS) is 22.1. The van der Waals surface area contributed by atoms with Gasteiger partial charge in [0.05, 0.1) is 11.6 Å². The summed E-state index contributed by atoms with van der Waals surface area (Å²) in [5.41, 5.74) is 5.35. The summed E-state index contributed by atoms with van der Waals surface area (Å²) in [5.74, 6) is -0.0709. The number of amides is 1. The van der Waals surface area contributed by atoms with Gasteiger partial charge in [-0.1, -0.05) is 0 Å². The molecule has 6 nitrogen and oxygen atoms in total. The van der Waals surface area contributed by atoms with Gasteiger partial charge in [0, 0.05) is 18.7 Å². The number of hydrogen-bond acceptors (Lipinski definition) is 6. The zero-order chi connectivity index (χ0) is 17.0. The molecule has 0 atom stereocenters. The van der Waals surface area contributed by atoms with Crippen molar-refractivity contribution in [3.05, 3.63) is 9.88 Å². The molecular weight excluding hydrogens is 314 g/mol. The minimum atomic E-state index is -0.470. The number of nitrogens with one attached hydrogen (secondary N) is 1. The van der Waals surface area contributed by atoms with Crippen molar-refractivity contribution in [2.24, 2.45) is 5.73 Å². The van der Waals surface area contributed by atoms with Gasteiger partial charge in [-0.25, -0.2) is 4.98 Å². The molecule has 2 rings (SSSR count). The van der Waals surface area contributed by atoms with Crippen LogP contribution in [0.3, 0.4) is 0 Å². The highest BCUT2D eigenvalue weighted by Crippen LogP contribution is 2.29. The fourth-order valence-corrected chi connectivity index (χ4v) is 3.79. The van der Waals surface area contributed by atoms with E-state index in [1.54, 1.807) is 7.11 Å². The summed E-state index contributed by atoms with van der Waals surface area (Å²) in [6, 6.07) is 0.466. The van der Waals surface area contributed by atoms with Crippen LogP contribution in [0.15, 0.2) is 0 Å². The third-order valence-corrected chi connectivity index (χ3v) is 4.95. The van der Waals surface area contributed by atoms with Gasteiger partial charge in [-0.3, -0.25) is 4.79 Å². The van der Waals surface area contributed by atoms with E-state index in [1.165, 1.54) is 11.3 Å². The first-order valence-corrected chi connectivity index (χ1v) is 8.83. The van der Waals surface area contributed by atoms with Crippen molar-refractivity contribution in [2.45, 2.75) is 64.1 Å². The van der Waals surface area contributed by atoms with Gasteiger partial charge < -0.3 is 20.5 Å². The average molecular weight is 341 g/mol. The molecule has 130 valence electrons. The molecule has 0 radical (unpaired) electrons. The zero-order valence-electron chi connectivity index (χ0n) is 14.3. The summed E-state index contributed by atoms with van der Waals surface area (Å²) in [7, 11) is 1.72.